The zero-order chi connectivity index (χ0) is 8.55. The van der Waals surface area contributed by atoms with Crippen molar-refractivity contribution in [2.24, 2.45) is 0 Å². The maximum absolute atomic E-state index is 6.06. The molecule has 64 valence electrons. The second-order valence-corrected chi connectivity index (χ2v) is 4.33. The summed E-state index contributed by atoms with van der Waals surface area (Å²) in [6.45, 7) is 0. The van der Waals surface area contributed by atoms with Crippen molar-refractivity contribution in [1.82, 2.24) is 0 Å². The molecule has 0 aromatic heterocycles. The van der Waals surface area contributed by atoms with Crippen molar-refractivity contribution in [2.75, 3.05) is 0 Å². The molecule has 0 spiro atoms. The molecule has 0 fully saturated rings. The van der Waals surface area contributed by atoms with Gasteiger partial charge in [-0.3, -0.25) is 0 Å². The Labute approximate surface area is 82.5 Å². The zero-order valence-corrected chi connectivity index (χ0v) is 8.15. The Morgan fingerprint density at radius 3 is 1.75 bits per heavy atom. The average molecular weight is 201 g/mol. The molecule has 0 N–H and O–H groups in total. The molecule has 0 bridgehead atoms. The summed E-state index contributed by atoms with van der Waals surface area (Å²) in [5.74, 6) is 0. The SMILES string of the molecule is ClC1Cc2ccccc2CC1Cl. The van der Waals surface area contributed by atoms with E-state index in [-0.39, 0.29) is 10.8 Å². The quantitative estimate of drug-likeness (QED) is 0.566. The minimum absolute atomic E-state index is 0.0987. The van der Waals surface area contributed by atoms with Crippen molar-refractivity contribution in [3.63, 3.8) is 0 Å². The third kappa shape index (κ3) is 1.46. The summed E-state index contributed by atoms with van der Waals surface area (Å²) in [4.78, 5) is 0. The van der Waals surface area contributed by atoms with Crippen molar-refractivity contribution in [1.29, 1.82) is 0 Å². The smallest absolute Gasteiger partial charge is 0.0543 e. The van der Waals surface area contributed by atoms with E-state index in [2.05, 4.69) is 24.3 Å². The minimum Gasteiger partial charge on any atom is -0.121 e. The van der Waals surface area contributed by atoms with Gasteiger partial charge in [-0.2, -0.15) is 0 Å². The van der Waals surface area contributed by atoms with Crippen molar-refractivity contribution in [3.8, 4) is 0 Å². The highest BCUT2D eigenvalue weighted by molar-refractivity contribution is 6.30. The van der Waals surface area contributed by atoms with Gasteiger partial charge in [0.15, 0.2) is 0 Å². The maximum atomic E-state index is 6.06. The summed E-state index contributed by atoms with van der Waals surface area (Å²) in [7, 11) is 0. The molecule has 1 aliphatic rings. The van der Waals surface area contributed by atoms with E-state index in [4.69, 9.17) is 23.2 Å². The molecule has 0 amide bonds. The number of halogens is 2. The number of benzene rings is 1. The molecule has 1 aromatic carbocycles. The topological polar surface area (TPSA) is 0 Å². The van der Waals surface area contributed by atoms with E-state index in [0.29, 0.717) is 0 Å². The lowest BCUT2D eigenvalue weighted by atomic mass is 9.91. The molecule has 0 saturated carbocycles. The summed E-state index contributed by atoms with van der Waals surface area (Å²) in [6, 6.07) is 8.37. The van der Waals surface area contributed by atoms with E-state index in [9.17, 15) is 0 Å². The van der Waals surface area contributed by atoms with Gasteiger partial charge in [0.1, 0.15) is 0 Å². The Kier molecular flexibility index (Phi) is 2.29. The van der Waals surface area contributed by atoms with Crippen LogP contribution in [-0.4, -0.2) is 10.8 Å². The lowest BCUT2D eigenvalue weighted by Crippen LogP contribution is -2.26. The van der Waals surface area contributed by atoms with E-state index in [0.717, 1.165) is 12.8 Å². The molecule has 2 atom stereocenters. The van der Waals surface area contributed by atoms with Crippen LogP contribution >= 0.6 is 23.2 Å². The first-order valence-corrected chi connectivity index (χ1v) is 4.99. The summed E-state index contributed by atoms with van der Waals surface area (Å²) in [6.07, 6.45) is 1.82. The first-order chi connectivity index (χ1) is 5.77. The fraction of sp³-hybridized carbons (Fsp3) is 0.400. The number of alkyl halides is 2. The minimum atomic E-state index is 0.0987. The predicted octanol–water partition coefficient (Wildman–Crippen LogP) is 3.00. The van der Waals surface area contributed by atoms with Gasteiger partial charge in [-0.25, -0.2) is 0 Å². The maximum Gasteiger partial charge on any atom is 0.0543 e. The first kappa shape index (κ1) is 8.40. The number of hydrogen-bond donors (Lipinski definition) is 0. The van der Waals surface area contributed by atoms with Gasteiger partial charge < -0.3 is 0 Å². The largest absolute Gasteiger partial charge is 0.121 e. The van der Waals surface area contributed by atoms with Gasteiger partial charge in [0.05, 0.1) is 10.8 Å². The van der Waals surface area contributed by atoms with Crippen molar-refractivity contribution in [2.45, 2.75) is 23.6 Å². The number of rotatable bonds is 0. The van der Waals surface area contributed by atoms with E-state index in [1.807, 2.05) is 0 Å². The van der Waals surface area contributed by atoms with Crippen LogP contribution < -0.4 is 0 Å². The molecule has 1 aromatic rings. The lowest BCUT2D eigenvalue weighted by Gasteiger charge is -2.24. The summed E-state index contributed by atoms with van der Waals surface area (Å²) in [5, 5.41) is 0.197. The molecule has 0 heterocycles. The standard InChI is InChI=1S/C10H10Cl2/c11-9-5-7-3-1-2-4-8(7)6-10(9)12/h1-4,9-10H,5-6H2. The van der Waals surface area contributed by atoms with Crippen LogP contribution in [0.15, 0.2) is 24.3 Å². The van der Waals surface area contributed by atoms with Gasteiger partial charge in [-0.1, -0.05) is 24.3 Å². The molecular weight excluding hydrogens is 191 g/mol. The van der Waals surface area contributed by atoms with Crippen LogP contribution in [0.5, 0.6) is 0 Å². The summed E-state index contributed by atoms with van der Waals surface area (Å²) >= 11 is 12.1. The number of fused-ring (bicyclic) bond motifs is 1. The molecule has 0 aliphatic heterocycles. The highest BCUT2D eigenvalue weighted by Crippen LogP contribution is 2.27. The first-order valence-electron chi connectivity index (χ1n) is 4.12. The Morgan fingerprint density at radius 2 is 1.33 bits per heavy atom. The van der Waals surface area contributed by atoms with Crippen LogP contribution in [0.2, 0.25) is 0 Å². The number of hydrogen-bond acceptors (Lipinski definition) is 0. The molecule has 2 rings (SSSR count). The highest BCUT2D eigenvalue weighted by atomic mass is 35.5. The van der Waals surface area contributed by atoms with Gasteiger partial charge in [-0.05, 0) is 24.0 Å². The highest BCUT2D eigenvalue weighted by Gasteiger charge is 2.24. The molecule has 2 unspecified atom stereocenters. The van der Waals surface area contributed by atoms with Crippen LogP contribution in [0.3, 0.4) is 0 Å². The third-order valence-corrected chi connectivity index (χ3v) is 3.39. The fourth-order valence-electron chi connectivity index (χ4n) is 1.63. The van der Waals surface area contributed by atoms with Crippen LogP contribution in [0.25, 0.3) is 0 Å². The Hall–Kier alpha value is -0.200. The van der Waals surface area contributed by atoms with E-state index < -0.39 is 0 Å². The molecule has 0 nitrogen and oxygen atoms in total. The Balaban J connectivity index is 2.34. The van der Waals surface area contributed by atoms with Gasteiger partial charge >= 0.3 is 0 Å². The zero-order valence-electron chi connectivity index (χ0n) is 6.63. The molecule has 0 radical (unpaired) electrons. The monoisotopic (exact) mass is 200 g/mol. The fourth-order valence-corrected chi connectivity index (χ4v) is 2.14. The van der Waals surface area contributed by atoms with E-state index in [1.54, 1.807) is 0 Å². The second kappa shape index (κ2) is 3.27. The average Bonchev–Trinajstić information content (AvgIpc) is 2.07. The Morgan fingerprint density at radius 1 is 0.917 bits per heavy atom. The van der Waals surface area contributed by atoms with Gasteiger partial charge in [0.2, 0.25) is 0 Å². The second-order valence-electron chi connectivity index (χ2n) is 3.21. The summed E-state index contributed by atoms with van der Waals surface area (Å²) < 4.78 is 0. The van der Waals surface area contributed by atoms with Crippen molar-refractivity contribution in [3.05, 3.63) is 35.4 Å². The summed E-state index contributed by atoms with van der Waals surface area (Å²) in [5.41, 5.74) is 2.71. The third-order valence-electron chi connectivity index (χ3n) is 2.34. The van der Waals surface area contributed by atoms with E-state index in [1.165, 1.54) is 11.1 Å². The van der Waals surface area contributed by atoms with Crippen LogP contribution in [0.4, 0.5) is 0 Å². The molecule has 0 saturated heterocycles. The van der Waals surface area contributed by atoms with Gasteiger partial charge in [-0.15, -0.1) is 23.2 Å². The Bertz CT molecular complexity index is 254. The molecule has 2 heteroatoms. The van der Waals surface area contributed by atoms with Crippen LogP contribution in [0.1, 0.15) is 11.1 Å². The van der Waals surface area contributed by atoms with Crippen molar-refractivity contribution < 1.29 is 0 Å². The molecule has 1 aliphatic carbocycles. The molecular formula is C10H10Cl2. The normalized spacial score (nSPS) is 28.2. The predicted molar refractivity (Wildman–Crippen MR) is 53.1 cm³/mol. The lowest BCUT2D eigenvalue weighted by molar-refractivity contribution is 0.703. The van der Waals surface area contributed by atoms with Crippen LogP contribution in [-0.2, 0) is 12.8 Å². The van der Waals surface area contributed by atoms with E-state index >= 15 is 0 Å². The van der Waals surface area contributed by atoms with Gasteiger partial charge in [0.25, 0.3) is 0 Å². The van der Waals surface area contributed by atoms with Crippen LogP contribution in [0, 0.1) is 0 Å². The van der Waals surface area contributed by atoms with Crippen molar-refractivity contribution >= 4 is 23.2 Å². The van der Waals surface area contributed by atoms with Gasteiger partial charge in [0, 0.05) is 0 Å². The molecule has 12 heavy (non-hydrogen) atoms.